The number of amides is 2. The molecule has 0 aliphatic carbocycles. The Labute approximate surface area is 138 Å². The van der Waals surface area contributed by atoms with Gasteiger partial charge < -0.3 is 20.6 Å². The van der Waals surface area contributed by atoms with Crippen molar-refractivity contribution >= 4 is 33.6 Å². The van der Waals surface area contributed by atoms with Gasteiger partial charge in [-0.05, 0) is 30.5 Å². The summed E-state index contributed by atoms with van der Waals surface area (Å²) in [7, 11) is 0. The second-order valence-corrected chi connectivity index (χ2v) is 6.28. The number of carboxylic acids is 1. The fraction of sp³-hybridized carbons (Fsp3) is 0.467. The zero-order valence-corrected chi connectivity index (χ0v) is 13.8. The summed E-state index contributed by atoms with van der Waals surface area (Å²) in [5.74, 6) is -0.509. The number of carboxylic acid groups (broad SMARTS) is 1. The number of carbonyl (C=O) groups is 2. The molecule has 1 saturated heterocycles. The van der Waals surface area contributed by atoms with E-state index in [1.54, 1.807) is 0 Å². The van der Waals surface area contributed by atoms with Gasteiger partial charge in [-0.2, -0.15) is 0 Å². The Morgan fingerprint density at radius 1 is 1.36 bits per heavy atom. The summed E-state index contributed by atoms with van der Waals surface area (Å²) in [6.07, 6.45) is 0.968. The molecule has 22 heavy (non-hydrogen) atoms. The molecule has 0 bridgehead atoms. The molecular formula is C15H20BrN3O3. The van der Waals surface area contributed by atoms with E-state index in [9.17, 15) is 9.59 Å². The van der Waals surface area contributed by atoms with Crippen LogP contribution in [0.4, 0.5) is 10.5 Å². The summed E-state index contributed by atoms with van der Waals surface area (Å²) in [4.78, 5) is 24.2. The molecule has 1 aliphatic rings. The number of carbonyl (C=O) groups excluding carboxylic acids is 1. The van der Waals surface area contributed by atoms with Crippen molar-refractivity contribution < 1.29 is 14.7 Å². The predicted molar refractivity (Wildman–Crippen MR) is 88.1 cm³/mol. The third kappa shape index (κ3) is 5.22. The van der Waals surface area contributed by atoms with Crippen LogP contribution in [0.2, 0.25) is 0 Å². The second kappa shape index (κ2) is 8.03. The van der Waals surface area contributed by atoms with Crippen LogP contribution in [0.5, 0.6) is 0 Å². The molecule has 0 aromatic heterocycles. The van der Waals surface area contributed by atoms with Crippen molar-refractivity contribution in [2.24, 2.45) is 5.92 Å². The molecule has 1 heterocycles. The van der Waals surface area contributed by atoms with Gasteiger partial charge in [-0.15, -0.1) is 0 Å². The standard InChI is InChI=1S/C15H20BrN3O3/c16-12-2-1-3-13(8-12)19-7-5-11(10-19)9-18-15(22)17-6-4-14(20)21/h1-3,8,11H,4-7,9-10H2,(H,20,21)(H2,17,18,22). The van der Waals surface area contributed by atoms with Crippen LogP contribution in [-0.2, 0) is 4.79 Å². The highest BCUT2D eigenvalue weighted by molar-refractivity contribution is 9.10. The Balaban J connectivity index is 1.70. The number of nitrogens with one attached hydrogen (secondary N) is 2. The molecule has 1 aromatic carbocycles. The number of rotatable bonds is 6. The van der Waals surface area contributed by atoms with Gasteiger partial charge in [-0.25, -0.2) is 4.79 Å². The minimum Gasteiger partial charge on any atom is -0.481 e. The van der Waals surface area contributed by atoms with Crippen LogP contribution < -0.4 is 15.5 Å². The van der Waals surface area contributed by atoms with Gasteiger partial charge in [0.25, 0.3) is 0 Å². The molecule has 0 saturated carbocycles. The van der Waals surface area contributed by atoms with Gasteiger partial charge in [0.05, 0.1) is 6.42 Å². The first-order valence-electron chi connectivity index (χ1n) is 7.28. The molecule has 2 amide bonds. The van der Waals surface area contributed by atoms with E-state index < -0.39 is 5.97 Å². The van der Waals surface area contributed by atoms with Crippen molar-refractivity contribution in [3.63, 3.8) is 0 Å². The maximum absolute atomic E-state index is 11.5. The molecular weight excluding hydrogens is 350 g/mol. The van der Waals surface area contributed by atoms with E-state index in [4.69, 9.17) is 5.11 Å². The third-order valence-corrected chi connectivity index (χ3v) is 4.13. The topological polar surface area (TPSA) is 81.7 Å². The second-order valence-electron chi connectivity index (χ2n) is 5.36. The van der Waals surface area contributed by atoms with Crippen LogP contribution >= 0.6 is 15.9 Å². The molecule has 6 nitrogen and oxygen atoms in total. The zero-order valence-electron chi connectivity index (χ0n) is 12.2. The summed E-state index contributed by atoms with van der Waals surface area (Å²) < 4.78 is 1.06. The van der Waals surface area contributed by atoms with E-state index in [-0.39, 0.29) is 19.0 Å². The van der Waals surface area contributed by atoms with E-state index in [1.165, 1.54) is 5.69 Å². The first-order chi connectivity index (χ1) is 10.5. The maximum Gasteiger partial charge on any atom is 0.314 e. The molecule has 0 spiro atoms. The van der Waals surface area contributed by atoms with Crippen LogP contribution in [0.1, 0.15) is 12.8 Å². The molecule has 1 unspecified atom stereocenters. The SMILES string of the molecule is O=C(O)CCNC(=O)NCC1CCN(c2cccc(Br)c2)C1. The molecule has 3 N–H and O–H groups in total. The third-order valence-electron chi connectivity index (χ3n) is 3.63. The highest BCUT2D eigenvalue weighted by atomic mass is 79.9. The number of hydrogen-bond acceptors (Lipinski definition) is 3. The number of urea groups is 1. The molecule has 1 aliphatic heterocycles. The van der Waals surface area contributed by atoms with Gasteiger partial charge in [0.1, 0.15) is 0 Å². The van der Waals surface area contributed by atoms with E-state index in [0.717, 1.165) is 24.0 Å². The number of hydrogen-bond donors (Lipinski definition) is 3. The Bertz CT molecular complexity index is 539. The highest BCUT2D eigenvalue weighted by Gasteiger charge is 2.23. The molecule has 0 radical (unpaired) electrons. The van der Waals surface area contributed by atoms with Crippen molar-refractivity contribution in [2.75, 3.05) is 31.1 Å². The minimum absolute atomic E-state index is 0.0620. The van der Waals surface area contributed by atoms with Gasteiger partial charge in [0.2, 0.25) is 0 Å². The van der Waals surface area contributed by atoms with Gasteiger partial charge in [-0.3, -0.25) is 4.79 Å². The lowest BCUT2D eigenvalue weighted by molar-refractivity contribution is -0.136. The molecule has 120 valence electrons. The highest BCUT2D eigenvalue weighted by Crippen LogP contribution is 2.25. The van der Waals surface area contributed by atoms with Crippen molar-refractivity contribution in [3.05, 3.63) is 28.7 Å². The molecule has 7 heteroatoms. The summed E-state index contributed by atoms with van der Waals surface area (Å²) in [5, 5.41) is 13.8. The van der Waals surface area contributed by atoms with Crippen molar-refractivity contribution in [1.82, 2.24) is 10.6 Å². The summed E-state index contributed by atoms with van der Waals surface area (Å²) in [6, 6.07) is 7.89. The van der Waals surface area contributed by atoms with Crippen LogP contribution in [0.15, 0.2) is 28.7 Å². The molecule has 2 rings (SSSR count). The summed E-state index contributed by atoms with van der Waals surface area (Å²) in [6.45, 7) is 2.63. The van der Waals surface area contributed by atoms with Gasteiger partial charge >= 0.3 is 12.0 Å². The van der Waals surface area contributed by atoms with Crippen molar-refractivity contribution in [1.29, 1.82) is 0 Å². The monoisotopic (exact) mass is 369 g/mol. The normalized spacial score (nSPS) is 17.3. The lowest BCUT2D eigenvalue weighted by Gasteiger charge is -2.19. The van der Waals surface area contributed by atoms with Crippen LogP contribution in [0, 0.1) is 5.92 Å². The van der Waals surface area contributed by atoms with E-state index in [0.29, 0.717) is 12.5 Å². The summed E-state index contributed by atoms with van der Waals surface area (Å²) >= 11 is 3.47. The largest absolute Gasteiger partial charge is 0.481 e. The van der Waals surface area contributed by atoms with Crippen LogP contribution in [0.3, 0.4) is 0 Å². The Hall–Kier alpha value is -1.76. The average molecular weight is 370 g/mol. The number of anilines is 1. The summed E-state index contributed by atoms with van der Waals surface area (Å²) in [5.41, 5.74) is 1.18. The molecule has 1 atom stereocenters. The predicted octanol–water partition coefficient (Wildman–Crippen LogP) is 2.05. The van der Waals surface area contributed by atoms with Gasteiger partial charge in [0.15, 0.2) is 0 Å². The Kier molecular flexibility index (Phi) is 6.06. The average Bonchev–Trinajstić information content (AvgIpc) is 2.93. The number of halogens is 1. The maximum atomic E-state index is 11.5. The lowest BCUT2D eigenvalue weighted by atomic mass is 10.1. The Morgan fingerprint density at radius 3 is 2.91 bits per heavy atom. The number of nitrogens with zero attached hydrogens (tertiary/aromatic N) is 1. The van der Waals surface area contributed by atoms with E-state index in [2.05, 4.69) is 43.6 Å². The lowest BCUT2D eigenvalue weighted by Crippen LogP contribution is -2.39. The van der Waals surface area contributed by atoms with Crippen molar-refractivity contribution in [3.8, 4) is 0 Å². The molecule has 1 aromatic rings. The number of benzene rings is 1. The number of aliphatic carboxylic acids is 1. The van der Waals surface area contributed by atoms with Crippen LogP contribution in [0.25, 0.3) is 0 Å². The minimum atomic E-state index is -0.916. The zero-order chi connectivity index (χ0) is 15.9. The fourth-order valence-electron chi connectivity index (χ4n) is 2.49. The van der Waals surface area contributed by atoms with E-state index >= 15 is 0 Å². The van der Waals surface area contributed by atoms with Gasteiger partial charge in [0, 0.05) is 36.3 Å². The van der Waals surface area contributed by atoms with Crippen molar-refractivity contribution in [2.45, 2.75) is 12.8 Å². The smallest absolute Gasteiger partial charge is 0.314 e. The first-order valence-corrected chi connectivity index (χ1v) is 8.08. The van der Waals surface area contributed by atoms with E-state index in [1.807, 2.05) is 12.1 Å². The van der Waals surface area contributed by atoms with Gasteiger partial charge in [-0.1, -0.05) is 22.0 Å². The Morgan fingerprint density at radius 2 is 2.18 bits per heavy atom. The molecule has 1 fully saturated rings. The first kappa shape index (κ1) is 16.6. The fourth-order valence-corrected chi connectivity index (χ4v) is 2.88. The quantitative estimate of drug-likeness (QED) is 0.716. The van der Waals surface area contributed by atoms with Crippen LogP contribution in [-0.4, -0.2) is 43.3 Å².